The number of anilines is 1. The predicted octanol–water partition coefficient (Wildman–Crippen LogP) is 2.42. The summed E-state index contributed by atoms with van der Waals surface area (Å²) in [5, 5.41) is 23.9. The number of rotatable bonds is 3. The Morgan fingerprint density at radius 1 is 1.25 bits per heavy atom. The van der Waals surface area contributed by atoms with Gasteiger partial charge in [0, 0.05) is 16.0 Å². The topological polar surface area (TPSA) is 93.0 Å². The molecule has 6 heteroatoms. The van der Waals surface area contributed by atoms with E-state index in [-0.39, 0.29) is 11.1 Å². The first-order valence-corrected chi connectivity index (χ1v) is 8.51. The molecule has 0 atom stereocenters. The van der Waals surface area contributed by atoms with Crippen LogP contribution in [-0.2, 0) is 12.8 Å². The van der Waals surface area contributed by atoms with Crippen LogP contribution in [0.4, 0.5) is 5.00 Å². The van der Waals surface area contributed by atoms with Crippen molar-refractivity contribution in [1.82, 2.24) is 0 Å². The zero-order chi connectivity index (χ0) is 17.3. The Kier molecular flexibility index (Phi) is 4.36. The summed E-state index contributed by atoms with van der Waals surface area (Å²) in [5.74, 6) is -1.93. The molecule has 1 aromatic carbocycles. The predicted molar refractivity (Wildman–Crippen MR) is 89.1 cm³/mol. The number of aryl methyl sites for hydroxylation is 2. The molecule has 0 saturated heterocycles. The molecule has 24 heavy (non-hydrogen) atoms. The molecule has 2 aromatic rings. The standard InChI is InChI=1S/C18H16N2O3S/c1-10-6-7-12(18(22)23)13(8-10)16(21)20-17-14(9-19)11-4-2-3-5-15(11)24-17/h6-8H,2-5H2,1H3,(H,20,21)(H,22,23)/p-1. The molecule has 0 spiro atoms. The number of fused-ring (bicyclic) bond motifs is 1. The van der Waals surface area contributed by atoms with Gasteiger partial charge in [-0.2, -0.15) is 5.26 Å². The number of aromatic carboxylic acids is 1. The van der Waals surface area contributed by atoms with E-state index in [2.05, 4.69) is 11.4 Å². The van der Waals surface area contributed by atoms with Gasteiger partial charge in [0.1, 0.15) is 11.1 Å². The van der Waals surface area contributed by atoms with Crippen LogP contribution in [0.1, 0.15) is 55.1 Å². The van der Waals surface area contributed by atoms with Crippen molar-refractivity contribution in [2.75, 3.05) is 5.32 Å². The van der Waals surface area contributed by atoms with Crippen LogP contribution in [0, 0.1) is 18.3 Å². The number of carboxylic acids is 1. The van der Waals surface area contributed by atoms with Crippen molar-refractivity contribution < 1.29 is 14.7 Å². The Morgan fingerprint density at radius 3 is 2.71 bits per heavy atom. The molecule has 5 nitrogen and oxygen atoms in total. The van der Waals surface area contributed by atoms with E-state index in [0.717, 1.165) is 41.7 Å². The molecule has 1 aliphatic carbocycles. The van der Waals surface area contributed by atoms with Gasteiger partial charge in [-0.1, -0.05) is 17.7 Å². The molecule has 1 heterocycles. The lowest BCUT2D eigenvalue weighted by Gasteiger charge is -2.11. The van der Waals surface area contributed by atoms with Gasteiger partial charge in [0.05, 0.1) is 11.5 Å². The first-order valence-electron chi connectivity index (χ1n) is 7.69. The second kappa shape index (κ2) is 6.46. The fraction of sp³-hybridized carbons (Fsp3) is 0.278. The van der Waals surface area contributed by atoms with Crippen LogP contribution in [0.2, 0.25) is 0 Å². The summed E-state index contributed by atoms with van der Waals surface area (Å²) >= 11 is 1.41. The summed E-state index contributed by atoms with van der Waals surface area (Å²) in [6.45, 7) is 1.78. The number of nitrogens with zero attached hydrogens (tertiary/aromatic N) is 1. The molecule has 0 aliphatic heterocycles. The molecule has 0 unspecified atom stereocenters. The molecule has 3 rings (SSSR count). The average molecular weight is 339 g/mol. The van der Waals surface area contributed by atoms with Crippen molar-refractivity contribution in [2.45, 2.75) is 32.6 Å². The molecule has 0 fully saturated rings. The summed E-state index contributed by atoms with van der Waals surface area (Å²) in [6.07, 6.45) is 3.88. The van der Waals surface area contributed by atoms with Gasteiger partial charge in [-0.25, -0.2) is 0 Å². The Labute approximate surface area is 143 Å². The molecule has 1 aliphatic rings. The van der Waals surface area contributed by atoms with E-state index in [4.69, 9.17) is 0 Å². The van der Waals surface area contributed by atoms with Crippen molar-refractivity contribution in [3.63, 3.8) is 0 Å². The van der Waals surface area contributed by atoms with Gasteiger partial charge >= 0.3 is 0 Å². The van der Waals surface area contributed by atoms with Gasteiger partial charge in [-0.3, -0.25) is 4.79 Å². The smallest absolute Gasteiger partial charge is 0.256 e. The van der Waals surface area contributed by atoms with Crippen LogP contribution in [0.25, 0.3) is 0 Å². The highest BCUT2D eigenvalue weighted by Gasteiger charge is 2.23. The number of carbonyl (C=O) groups excluding carboxylic acids is 2. The van der Waals surface area contributed by atoms with Crippen molar-refractivity contribution in [3.8, 4) is 6.07 Å². The summed E-state index contributed by atoms with van der Waals surface area (Å²) < 4.78 is 0. The van der Waals surface area contributed by atoms with Crippen LogP contribution in [-0.4, -0.2) is 11.9 Å². The maximum absolute atomic E-state index is 12.6. The number of carboxylic acid groups (broad SMARTS) is 1. The first kappa shape index (κ1) is 16.2. The molecule has 122 valence electrons. The van der Waals surface area contributed by atoms with Crippen LogP contribution in [0.5, 0.6) is 0 Å². The van der Waals surface area contributed by atoms with Crippen molar-refractivity contribution in [3.05, 3.63) is 50.9 Å². The van der Waals surface area contributed by atoms with Gasteiger partial charge in [0.15, 0.2) is 0 Å². The Balaban J connectivity index is 1.97. The summed E-state index contributed by atoms with van der Waals surface area (Å²) in [4.78, 5) is 24.9. The number of hydrogen-bond acceptors (Lipinski definition) is 5. The van der Waals surface area contributed by atoms with E-state index in [1.54, 1.807) is 13.0 Å². The van der Waals surface area contributed by atoms with Crippen molar-refractivity contribution in [2.24, 2.45) is 0 Å². The molecule has 0 saturated carbocycles. The quantitative estimate of drug-likeness (QED) is 0.929. The Bertz CT molecular complexity index is 877. The number of benzene rings is 1. The summed E-state index contributed by atoms with van der Waals surface area (Å²) in [5.41, 5.74) is 2.19. The van der Waals surface area contributed by atoms with Crippen LogP contribution in [0.3, 0.4) is 0 Å². The number of nitrogens with one attached hydrogen (secondary N) is 1. The fourth-order valence-corrected chi connectivity index (χ4v) is 4.20. The third-order valence-electron chi connectivity index (χ3n) is 4.15. The molecular formula is C18H15N2O3S-. The summed E-state index contributed by atoms with van der Waals surface area (Å²) in [6, 6.07) is 6.67. The zero-order valence-electron chi connectivity index (χ0n) is 13.1. The SMILES string of the molecule is Cc1ccc(C(=O)[O-])c(C(=O)Nc2sc3c(c2C#N)CCCC3)c1. The number of amides is 1. The zero-order valence-corrected chi connectivity index (χ0v) is 14.0. The highest BCUT2D eigenvalue weighted by atomic mass is 32.1. The maximum Gasteiger partial charge on any atom is 0.256 e. The Hall–Kier alpha value is -2.65. The normalized spacial score (nSPS) is 13.0. The molecule has 0 radical (unpaired) electrons. The molecule has 1 N–H and O–H groups in total. The lowest BCUT2D eigenvalue weighted by atomic mass is 9.96. The van der Waals surface area contributed by atoms with E-state index in [0.29, 0.717) is 10.6 Å². The minimum absolute atomic E-state index is 0.0465. The van der Waals surface area contributed by atoms with Gasteiger partial charge in [-0.05, 0) is 44.2 Å². The van der Waals surface area contributed by atoms with Gasteiger partial charge in [-0.15, -0.1) is 11.3 Å². The van der Waals surface area contributed by atoms with Gasteiger partial charge < -0.3 is 15.2 Å². The Morgan fingerprint density at radius 2 is 2.00 bits per heavy atom. The second-order valence-corrected chi connectivity index (χ2v) is 6.92. The molecular weight excluding hydrogens is 324 g/mol. The van der Waals surface area contributed by atoms with E-state index in [1.807, 2.05) is 0 Å². The van der Waals surface area contributed by atoms with E-state index in [1.165, 1.54) is 23.5 Å². The monoisotopic (exact) mass is 339 g/mol. The van der Waals surface area contributed by atoms with Gasteiger partial charge in [0.25, 0.3) is 5.91 Å². The second-order valence-electron chi connectivity index (χ2n) is 5.82. The van der Waals surface area contributed by atoms with Crippen LogP contribution in [0.15, 0.2) is 18.2 Å². The lowest BCUT2D eigenvalue weighted by Crippen LogP contribution is -2.26. The maximum atomic E-state index is 12.6. The largest absolute Gasteiger partial charge is 0.545 e. The number of thiophene rings is 1. The number of carbonyl (C=O) groups is 2. The van der Waals surface area contributed by atoms with Crippen molar-refractivity contribution in [1.29, 1.82) is 5.26 Å². The highest BCUT2D eigenvalue weighted by molar-refractivity contribution is 7.16. The van der Waals surface area contributed by atoms with Gasteiger partial charge in [0.2, 0.25) is 0 Å². The highest BCUT2D eigenvalue weighted by Crippen LogP contribution is 2.37. The van der Waals surface area contributed by atoms with Crippen LogP contribution >= 0.6 is 11.3 Å². The molecule has 0 bridgehead atoms. The van der Waals surface area contributed by atoms with Crippen LogP contribution < -0.4 is 10.4 Å². The third-order valence-corrected chi connectivity index (χ3v) is 5.36. The minimum atomic E-state index is -1.40. The van der Waals surface area contributed by atoms with Crippen molar-refractivity contribution >= 4 is 28.2 Å². The average Bonchev–Trinajstić information content (AvgIpc) is 2.91. The number of hydrogen-bond donors (Lipinski definition) is 1. The first-order chi connectivity index (χ1) is 11.5. The molecule has 1 aromatic heterocycles. The summed E-state index contributed by atoms with van der Waals surface area (Å²) in [7, 11) is 0. The fourth-order valence-electron chi connectivity index (χ4n) is 2.97. The number of nitriles is 1. The van der Waals surface area contributed by atoms with E-state index >= 15 is 0 Å². The van der Waals surface area contributed by atoms with E-state index in [9.17, 15) is 20.0 Å². The third kappa shape index (κ3) is 2.91. The lowest BCUT2D eigenvalue weighted by molar-refractivity contribution is -0.255. The molecule has 1 amide bonds. The minimum Gasteiger partial charge on any atom is -0.545 e. The van der Waals surface area contributed by atoms with E-state index < -0.39 is 11.9 Å².